The van der Waals surface area contributed by atoms with Gasteiger partial charge >= 0.3 is 0 Å². The summed E-state index contributed by atoms with van der Waals surface area (Å²) in [5.41, 5.74) is 1.85. The van der Waals surface area contributed by atoms with Crippen LogP contribution in [0.3, 0.4) is 0 Å². The maximum absolute atomic E-state index is 13.6. The third kappa shape index (κ3) is 8.84. The molecule has 0 bridgehead atoms. The lowest BCUT2D eigenvalue weighted by Gasteiger charge is -2.31. The van der Waals surface area contributed by atoms with E-state index < -0.39 is 28.1 Å². The molecular formula is C28H40N2O5S. The zero-order chi connectivity index (χ0) is 26.9. The number of aliphatic hydroxyl groups is 1. The van der Waals surface area contributed by atoms with Crippen LogP contribution in [0, 0.1) is 18.8 Å². The Hall–Kier alpha value is -2.55. The number of carbonyl (C=O) groups excluding carboxylic acids is 2. The van der Waals surface area contributed by atoms with E-state index in [1.807, 2.05) is 51.1 Å². The third-order valence-corrected chi connectivity index (χ3v) is 8.24. The Morgan fingerprint density at radius 3 is 2.17 bits per heavy atom. The van der Waals surface area contributed by atoms with Crippen molar-refractivity contribution in [3.8, 4) is 0 Å². The van der Waals surface area contributed by atoms with E-state index in [0.717, 1.165) is 17.5 Å². The minimum atomic E-state index is -3.87. The Bertz CT molecular complexity index is 1090. The number of hydrogen-bond donors (Lipinski definition) is 2. The molecule has 2 aromatic carbocycles. The Kier molecular flexibility index (Phi) is 11.3. The quantitative estimate of drug-likeness (QED) is 0.398. The normalized spacial score (nSPS) is 15.2. The van der Waals surface area contributed by atoms with E-state index in [9.17, 15) is 23.1 Å². The molecule has 0 heterocycles. The van der Waals surface area contributed by atoms with Crippen LogP contribution < -0.4 is 5.32 Å². The zero-order valence-electron chi connectivity index (χ0n) is 22.0. The molecule has 0 aromatic heterocycles. The highest BCUT2D eigenvalue weighted by Crippen LogP contribution is 2.21. The highest BCUT2D eigenvalue weighted by Gasteiger charge is 2.32. The monoisotopic (exact) mass is 516 g/mol. The van der Waals surface area contributed by atoms with Crippen LogP contribution in [-0.2, 0) is 26.0 Å². The molecule has 0 saturated heterocycles. The van der Waals surface area contributed by atoms with Crippen molar-refractivity contribution in [2.75, 3.05) is 13.1 Å². The van der Waals surface area contributed by atoms with Crippen LogP contribution in [0.25, 0.3) is 0 Å². The number of hydrogen-bond acceptors (Lipinski definition) is 5. The summed E-state index contributed by atoms with van der Waals surface area (Å²) >= 11 is 0. The second kappa shape index (κ2) is 13.7. The van der Waals surface area contributed by atoms with E-state index in [4.69, 9.17) is 0 Å². The summed E-state index contributed by atoms with van der Waals surface area (Å²) in [6.45, 7) is 9.03. The average molecular weight is 517 g/mol. The highest BCUT2D eigenvalue weighted by molar-refractivity contribution is 7.89. The predicted octanol–water partition coefficient (Wildman–Crippen LogP) is 3.74. The van der Waals surface area contributed by atoms with Gasteiger partial charge in [0.25, 0.3) is 0 Å². The van der Waals surface area contributed by atoms with Crippen molar-refractivity contribution in [2.45, 2.75) is 70.9 Å². The molecule has 198 valence electrons. The molecule has 2 aromatic rings. The molecule has 36 heavy (non-hydrogen) atoms. The average Bonchev–Trinajstić information content (AvgIpc) is 2.83. The third-order valence-electron chi connectivity index (χ3n) is 6.39. The van der Waals surface area contributed by atoms with Crippen LogP contribution in [0.5, 0.6) is 0 Å². The molecule has 0 aliphatic rings. The van der Waals surface area contributed by atoms with E-state index in [1.165, 1.54) is 11.2 Å². The van der Waals surface area contributed by atoms with Crippen molar-refractivity contribution in [3.05, 3.63) is 65.7 Å². The molecular weight excluding hydrogens is 476 g/mol. The lowest BCUT2D eigenvalue weighted by Crippen LogP contribution is -2.52. The number of amides is 1. The number of rotatable bonds is 14. The van der Waals surface area contributed by atoms with E-state index in [2.05, 4.69) is 5.32 Å². The number of aryl methyl sites for hydroxylation is 1. The first-order valence-corrected chi connectivity index (χ1v) is 14.0. The molecule has 0 saturated carbocycles. The van der Waals surface area contributed by atoms with Gasteiger partial charge < -0.3 is 15.2 Å². The number of ketones is 1. The van der Waals surface area contributed by atoms with Gasteiger partial charge in [-0.05, 0) is 43.9 Å². The molecule has 2 rings (SSSR count). The topological polar surface area (TPSA) is 104 Å². The highest BCUT2D eigenvalue weighted by atomic mass is 32.2. The van der Waals surface area contributed by atoms with Crippen molar-refractivity contribution < 1.29 is 23.1 Å². The lowest BCUT2D eigenvalue weighted by atomic mass is 9.98. The maximum atomic E-state index is 13.6. The molecule has 7 nitrogen and oxygen atoms in total. The molecule has 8 heteroatoms. The molecule has 0 unspecified atom stereocenters. The van der Waals surface area contributed by atoms with Crippen LogP contribution in [0.15, 0.2) is 59.5 Å². The van der Waals surface area contributed by atoms with Gasteiger partial charge in [-0.2, -0.15) is 4.31 Å². The second-order valence-corrected chi connectivity index (χ2v) is 11.8. The summed E-state index contributed by atoms with van der Waals surface area (Å²) in [6, 6.07) is 15.3. The van der Waals surface area contributed by atoms with Gasteiger partial charge in [-0.25, -0.2) is 8.42 Å². The van der Waals surface area contributed by atoms with Crippen LogP contribution >= 0.6 is 0 Å². The van der Waals surface area contributed by atoms with Crippen molar-refractivity contribution in [1.82, 2.24) is 9.62 Å². The molecule has 0 aliphatic carbocycles. The molecule has 4 atom stereocenters. The Morgan fingerprint density at radius 1 is 1.00 bits per heavy atom. The van der Waals surface area contributed by atoms with Gasteiger partial charge in [-0.15, -0.1) is 0 Å². The smallest absolute Gasteiger partial charge is 0.243 e. The van der Waals surface area contributed by atoms with Crippen LogP contribution in [0.4, 0.5) is 0 Å². The number of carbonyl (C=O) groups is 2. The molecule has 0 spiro atoms. The minimum absolute atomic E-state index is 0.0789. The number of nitrogens with one attached hydrogen (secondary N) is 1. The summed E-state index contributed by atoms with van der Waals surface area (Å²) in [5, 5.41) is 14.2. The number of sulfonamides is 1. The summed E-state index contributed by atoms with van der Waals surface area (Å²) in [4.78, 5) is 24.5. The van der Waals surface area contributed by atoms with Gasteiger partial charge in [0.15, 0.2) is 0 Å². The first-order valence-electron chi connectivity index (χ1n) is 12.5. The van der Waals surface area contributed by atoms with E-state index in [0.29, 0.717) is 6.42 Å². The Morgan fingerprint density at radius 2 is 1.61 bits per heavy atom. The fourth-order valence-corrected chi connectivity index (χ4v) is 5.52. The van der Waals surface area contributed by atoms with Crippen LogP contribution in [0.1, 0.15) is 51.7 Å². The number of nitrogens with zero attached hydrogens (tertiary/aromatic N) is 1. The fourth-order valence-electron chi connectivity index (χ4n) is 3.94. The van der Waals surface area contributed by atoms with Gasteiger partial charge in [-0.3, -0.25) is 4.79 Å². The standard InChI is InChI=1S/C28H40N2O5S/c1-6-20(2)18-30(36(34,35)25-14-12-21(3)13-15-25)19-27(32)26(17-24-10-8-7-9-11-24)29-28(33)22(4)16-23(5)31/h7-15,20,22,26-27,32H,6,16-19H2,1-5H3,(H,29,33)/t20-,22+,26-,27+/m0/s1. The van der Waals surface area contributed by atoms with E-state index >= 15 is 0 Å². The summed E-state index contributed by atoms with van der Waals surface area (Å²) in [5.74, 6) is -0.919. The molecule has 2 N–H and O–H groups in total. The van der Waals surface area contributed by atoms with Crippen molar-refractivity contribution in [2.24, 2.45) is 11.8 Å². The second-order valence-electron chi connectivity index (χ2n) is 9.83. The van der Waals surface area contributed by atoms with Crippen molar-refractivity contribution in [1.29, 1.82) is 0 Å². The van der Waals surface area contributed by atoms with Crippen LogP contribution in [0.2, 0.25) is 0 Å². The Balaban J connectivity index is 2.34. The summed E-state index contributed by atoms with van der Waals surface area (Å²) < 4.78 is 28.4. The first-order chi connectivity index (χ1) is 16.9. The lowest BCUT2D eigenvalue weighted by molar-refractivity contribution is -0.129. The minimum Gasteiger partial charge on any atom is -0.390 e. The van der Waals surface area contributed by atoms with E-state index in [1.54, 1.807) is 31.2 Å². The Labute approximate surface area is 216 Å². The number of Topliss-reactive ketones (excluding diaryl/α,β-unsaturated/α-hetero) is 1. The SMILES string of the molecule is CC[C@H](C)CN(C[C@@H](O)[C@H](Cc1ccccc1)NC(=O)[C@H](C)CC(C)=O)S(=O)(=O)c1ccc(C)cc1. The molecule has 0 radical (unpaired) electrons. The largest absolute Gasteiger partial charge is 0.390 e. The maximum Gasteiger partial charge on any atom is 0.243 e. The van der Waals surface area contributed by atoms with Crippen molar-refractivity contribution >= 4 is 21.7 Å². The van der Waals surface area contributed by atoms with E-state index in [-0.39, 0.29) is 42.0 Å². The van der Waals surface area contributed by atoms with Gasteiger partial charge in [0.2, 0.25) is 15.9 Å². The van der Waals surface area contributed by atoms with Gasteiger partial charge in [-0.1, -0.05) is 75.2 Å². The predicted molar refractivity (Wildman–Crippen MR) is 142 cm³/mol. The summed E-state index contributed by atoms with van der Waals surface area (Å²) in [7, 11) is -3.87. The molecule has 0 aliphatic heterocycles. The molecule has 0 fully saturated rings. The van der Waals surface area contributed by atoms with Gasteiger partial charge in [0.1, 0.15) is 5.78 Å². The number of aliphatic hydroxyl groups excluding tert-OH is 1. The molecule has 1 amide bonds. The number of benzene rings is 2. The summed E-state index contributed by atoms with van der Waals surface area (Å²) in [6.07, 6.45) is 0.0374. The van der Waals surface area contributed by atoms with Crippen LogP contribution in [-0.4, -0.2) is 54.8 Å². The van der Waals surface area contributed by atoms with Gasteiger partial charge in [0.05, 0.1) is 17.0 Å². The zero-order valence-corrected chi connectivity index (χ0v) is 22.8. The fraction of sp³-hybridized carbons (Fsp3) is 0.500. The van der Waals surface area contributed by atoms with Crippen molar-refractivity contribution in [3.63, 3.8) is 0 Å². The van der Waals surface area contributed by atoms with Gasteiger partial charge in [0, 0.05) is 25.4 Å². The first kappa shape index (κ1) is 29.7.